The molecule has 0 aliphatic rings. The van der Waals surface area contributed by atoms with Crippen LogP contribution in [0, 0.1) is 20.8 Å². The predicted molar refractivity (Wildman–Crippen MR) is 53.6 cm³/mol. The van der Waals surface area contributed by atoms with Crippen LogP contribution in [0.15, 0.2) is 12.1 Å². The fraction of sp³-hybridized carbons (Fsp3) is 0.455. The quantitative estimate of drug-likeness (QED) is 0.768. The summed E-state index contributed by atoms with van der Waals surface area (Å²) in [4.78, 5) is 0. The molecule has 0 aliphatic heterocycles. The summed E-state index contributed by atoms with van der Waals surface area (Å²) in [6.45, 7) is 5.29. The van der Waals surface area contributed by atoms with Crippen molar-refractivity contribution in [3.05, 3.63) is 34.4 Å². The van der Waals surface area contributed by atoms with Crippen molar-refractivity contribution in [1.82, 2.24) is 0 Å². The third kappa shape index (κ3) is 2.50. The van der Waals surface area contributed by atoms with E-state index in [4.69, 9.17) is 5.73 Å². The number of hydrogen-bond donors (Lipinski definition) is 1. The van der Waals surface area contributed by atoms with Crippen LogP contribution in [0.1, 0.15) is 28.3 Å². The van der Waals surface area contributed by atoms with E-state index in [0.29, 0.717) is 5.56 Å². The summed E-state index contributed by atoms with van der Waals surface area (Å²) in [6, 6.07) is 1.36. The fourth-order valence-corrected chi connectivity index (χ4v) is 1.49. The van der Waals surface area contributed by atoms with Crippen molar-refractivity contribution >= 4 is 0 Å². The predicted octanol–water partition coefficient (Wildman–Crippen LogP) is 3.17. The molecule has 0 aliphatic carbocycles. The summed E-state index contributed by atoms with van der Waals surface area (Å²) < 4.78 is 37.3. The van der Waals surface area contributed by atoms with Crippen LogP contribution in [0.4, 0.5) is 13.2 Å². The van der Waals surface area contributed by atoms with Crippen LogP contribution in [0.5, 0.6) is 0 Å². The molecule has 0 spiro atoms. The summed E-state index contributed by atoms with van der Waals surface area (Å²) in [5.41, 5.74) is 7.72. The average molecular weight is 217 g/mol. The maximum Gasteiger partial charge on any atom is 0.407 e. The Labute approximate surface area is 87.1 Å². The van der Waals surface area contributed by atoms with E-state index in [-0.39, 0.29) is 5.56 Å². The highest BCUT2D eigenvalue weighted by molar-refractivity contribution is 5.38. The van der Waals surface area contributed by atoms with Crippen molar-refractivity contribution in [3.8, 4) is 0 Å². The maximum atomic E-state index is 12.4. The number of rotatable bonds is 1. The van der Waals surface area contributed by atoms with Gasteiger partial charge in [0.15, 0.2) is 0 Å². The summed E-state index contributed by atoms with van der Waals surface area (Å²) in [5, 5.41) is 0. The normalized spacial score (nSPS) is 14.1. The molecule has 0 bridgehead atoms. The molecule has 1 aromatic rings. The Morgan fingerprint density at radius 3 is 1.93 bits per heavy atom. The van der Waals surface area contributed by atoms with Crippen LogP contribution in [0.2, 0.25) is 0 Å². The average Bonchev–Trinajstić information content (AvgIpc) is 2.08. The van der Waals surface area contributed by atoms with Gasteiger partial charge in [-0.25, -0.2) is 0 Å². The molecule has 1 atom stereocenters. The first-order chi connectivity index (χ1) is 6.73. The highest BCUT2D eigenvalue weighted by atomic mass is 19.4. The van der Waals surface area contributed by atoms with Crippen LogP contribution < -0.4 is 5.73 Å². The Bertz CT molecular complexity index is 369. The van der Waals surface area contributed by atoms with Crippen molar-refractivity contribution < 1.29 is 13.2 Å². The van der Waals surface area contributed by atoms with E-state index >= 15 is 0 Å². The van der Waals surface area contributed by atoms with Crippen molar-refractivity contribution in [3.63, 3.8) is 0 Å². The smallest absolute Gasteiger partial charge is 0.316 e. The Kier molecular flexibility index (Phi) is 3.09. The molecule has 0 unspecified atom stereocenters. The van der Waals surface area contributed by atoms with Gasteiger partial charge in [-0.1, -0.05) is 12.1 Å². The third-order valence-corrected chi connectivity index (χ3v) is 2.57. The van der Waals surface area contributed by atoms with Crippen LogP contribution in [0.25, 0.3) is 0 Å². The van der Waals surface area contributed by atoms with Gasteiger partial charge in [0.05, 0.1) is 0 Å². The highest BCUT2D eigenvalue weighted by Gasteiger charge is 2.38. The van der Waals surface area contributed by atoms with Gasteiger partial charge in [-0.2, -0.15) is 13.2 Å². The largest absolute Gasteiger partial charge is 0.407 e. The van der Waals surface area contributed by atoms with Gasteiger partial charge in [0.25, 0.3) is 0 Å². The molecular weight excluding hydrogens is 203 g/mol. The lowest BCUT2D eigenvalue weighted by Crippen LogP contribution is -2.29. The molecule has 1 nitrogen and oxygen atoms in total. The van der Waals surface area contributed by atoms with Crippen molar-refractivity contribution in [2.24, 2.45) is 5.73 Å². The van der Waals surface area contributed by atoms with Gasteiger partial charge in [0, 0.05) is 0 Å². The molecule has 15 heavy (non-hydrogen) atoms. The van der Waals surface area contributed by atoms with Crippen molar-refractivity contribution in [2.75, 3.05) is 0 Å². The standard InChI is InChI=1S/C11H14F3N/c1-6-4-8(3)9(5-7(6)2)10(15)11(12,13)14/h4-5,10H,15H2,1-3H3/t10-/m1/s1. The van der Waals surface area contributed by atoms with Crippen LogP contribution in [-0.2, 0) is 0 Å². The van der Waals surface area contributed by atoms with Gasteiger partial charge in [-0.3, -0.25) is 0 Å². The van der Waals surface area contributed by atoms with Gasteiger partial charge in [0.1, 0.15) is 6.04 Å². The van der Waals surface area contributed by atoms with E-state index < -0.39 is 12.2 Å². The zero-order chi connectivity index (χ0) is 11.8. The summed E-state index contributed by atoms with van der Waals surface area (Å²) in [7, 11) is 0. The second-order valence-electron chi connectivity index (χ2n) is 3.81. The molecule has 0 radical (unpaired) electrons. The Balaban J connectivity index is 3.21. The Morgan fingerprint density at radius 1 is 1.00 bits per heavy atom. The molecule has 84 valence electrons. The molecule has 0 aromatic heterocycles. The number of benzene rings is 1. The molecule has 1 rings (SSSR count). The second-order valence-corrected chi connectivity index (χ2v) is 3.81. The minimum atomic E-state index is -4.38. The summed E-state index contributed by atoms with van der Waals surface area (Å²) in [5.74, 6) is 0. The zero-order valence-electron chi connectivity index (χ0n) is 8.94. The highest BCUT2D eigenvalue weighted by Crippen LogP contribution is 2.33. The lowest BCUT2D eigenvalue weighted by molar-refractivity contribution is -0.149. The SMILES string of the molecule is Cc1cc(C)c([C@@H](N)C(F)(F)F)cc1C. The van der Waals surface area contributed by atoms with Crippen molar-refractivity contribution in [2.45, 2.75) is 33.0 Å². The van der Waals surface area contributed by atoms with E-state index in [9.17, 15) is 13.2 Å². The Hall–Kier alpha value is -1.03. The van der Waals surface area contributed by atoms with E-state index in [0.717, 1.165) is 11.1 Å². The lowest BCUT2D eigenvalue weighted by Gasteiger charge is -2.19. The fourth-order valence-electron chi connectivity index (χ4n) is 1.49. The number of alkyl halides is 3. The molecule has 1 aromatic carbocycles. The number of aryl methyl sites for hydroxylation is 3. The second kappa shape index (κ2) is 3.85. The Morgan fingerprint density at radius 2 is 1.47 bits per heavy atom. The van der Waals surface area contributed by atoms with Gasteiger partial charge in [-0.05, 0) is 43.0 Å². The summed E-state index contributed by atoms with van der Waals surface area (Å²) >= 11 is 0. The topological polar surface area (TPSA) is 26.0 Å². The van der Waals surface area contributed by atoms with Gasteiger partial charge < -0.3 is 5.73 Å². The molecule has 0 heterocycles. The van der Waals surface area contributed by atoms with E-state index in [1.807, 2.05) is 6.92 Å². The van der Waals surface area contributed by atoms with Crippen LogP contribution in [-0.4, -0.2) is 6.18 Å². The molecule has 4 heteroatoms. The van der Waals surface area contributed by atoms with E-state index in [1.165, 1.54) is 6.07 Å². The monoisotopic (exact) mass is 217 g/mol. The van der Waals surface area contributed by atoms with Gasteiger partial charge >= 0.3 is 6.18 Å². The molecule has 0 saturated heterocycles. The van der Waals surface area contributed by atoms with Crippen LogP contribution >= 0.6 is 0 Å². The number of halogens is 3. The molecule has 0 fully saturated rings. The van der Waals surface area contributed by atoms with E-state index in [1.54, 1.807) is 19.9 Å². The molecule has 0 saturated carbocycles. The first-order valence-electron chi connectivity index (χ1n) is 4.63. The zero-order valence-corrected chi connectivity index (χ0v) is 8.94. The molecule has 0 amide bonds. The first-order valence-corrected chi connectivity index (χ1v) is 4.63. The minimum absolute atomic E-state index is 0.158. The molecule has 2 N–H and O–H groups in total. The van der Waals surface area contributed by atoms with Crippen molar-refractivity contribution in [1.29, 1.82) is 0 Å². The minimum Gasteiger partial charge on any atom is -0.316 e. The van der Waals surface area contributed by atoms with Gasteiger partial charge in [-0.15, -0.1) is 0 Å². The number of hydrogen-bond acceptors (Lipinski definition) is 1. The van der Waals surface area contributed by atoms with Gasteiger partial charge in [0.2, 0.25) is 0 Å². The summed E-state index contributed by atoms with van der Waals surface area (Å²) in [6.07, 6.45) is -4.38. The first kappa shape index (κ1) is 12.0. The van der Waals surface area contributed by atoms with Crippen LogP contribution in [0.3, 0.4) is 0 Å². The van der Waals surface area contributed by atoms with E-state index in [2.05, 4.69) is 0 Å². The third-order valence-electron chi connectivity index (χ3n) is 2.57. The number of nitrogens with two attached hydrogens (primary N) is 1. The maximum absolute atomic E-state index is 12.4. The molecular formula is C11H14F3N. The lowest BCUT2D eigenvalue weighted by atomic mass is 9.96.